The van der Waals surface area contributed by atoms with Gasteiger partial charge in [-0.1, -0.05) is 6.07 Å². The Morgan fingerprint density at radius 2 is 2.14 bits per heavy atom. The summed E-state index contributed by atoms with van der Waals surface area (Å²) in [5, 5.41) is 11.9. The summed E-state index contributed by atoms with van der Waals surface area (Å²) in [5.41, 5.74) is 1.35. The van der Waals surface area contributed by atoms with E-state index in [2.05, 4.69) is 5.32 Å². The zero-order valence-corrected chi connectivity index (χ0v) is 12.3. The van der Waals surface area contributed by atoms with Gasteiger partial charge >= 0.3 is 12.0 Å². The Labute approximate surface area is 123 Å². The molecule has 0 spiro atoms. The summed E-state index contributed by atoms with van der Waals surface area (Å²) in [6.07, 6.45) is 2.01. The molecule has 1 fully saturated rings. The van der Waals surface area contributed by atoms with Gasteiger partial charge in [-0.15, -0.1) is 0 Å². The molecule has 1 aliphatic rings. The summed E-state index contributed by atoms with van der Waals surface area (Å²) in [7, 11) is 1.60. The summed E-state index contributed by atoms with van der Waals surface area (Å²) in [5.74, 6) is -0.998. The van der Waals surface area contributed by atoms with Gasteiger partial charge in [0.1, 0.15) is 0 Å². The van der Waals surface area contributed by atoms with Crippen molar-refractivity contribution in [1.29, 1.82) is 0 Å². The number of aryl methyl sites for hydroxylation is 1. The number of rotatable bonds is 6. The number of carbonyl (C=O) groups is 2. The third-order valence-electron chi connectivity index (χ3n) is 3.50. The van der Waals surface area contributed by atoms with Gasteiger partial charge in [-0.05, 0) is 37.5 Å². The van der Waals surface area contributed by atoms with Crippen molar-refractivity contribution in [3.8, 4) is 0 Å². The maximum Gasteiger partial charge on any atom is 0.336 e. The molecule has 0 heterocycles. The van der Waals surface area contributed by atoms with Crippen LogP contribution >= 0.6 is 0 Å². The number of carboxylic acid groups (broad SMARTS) is 1. The van der Waals surface area contributed by atoms with Crippen LogP contribution in [0.3, 0.4) is 0 Å². The Kier molecular flexibility index (Phi) is 4.80. The minimum Gasteiger partial charge on any atom is -0.478 e. The molecule has 0 saturated heterocycles. The van der Waals surface area contributed by atoms with Gasteiger partial charge in [0, 0.05) is 25.4 Å². The van der Waals surface area contributed by atoms with E-state index in [1.54, 1.807) is 31.1 Å². The molecular weight excluding hydrogens is 272 g/mol. The van der Waals surface area contributed by atoms with Gasteiger partial charge in [0.15, 0.2) is 0 Å². The number of nitrogens with one attached hydrogen (secondary N) is 1. The summed E-state index contributed by atoms with van der Waals surface area (Å²) in [6.45, 7) is 2.74. The number of amides is 2. The van der Waals surface area contributed by atoms with Gasteiger partial charge in [-0.25, -0.2) is 9.59 Å². The molecule has 6 nitrogen and oxygen atoms in total. The van der Waals surface area contributed by atoms with Crippen LogP contribution in [0, 0.1) is 6.92 Å². The van der Waals surface area contributed by atoms with E-state index in [1.165, 1.54) is 6.07 Å². The van der Waals surface area contributed by atoms with E-state index in [1.807, 2.05) is 0 Å². The SMILES string of the molecule is COCCN(C(=O)Nc1ccc(C)c(C(=O)O)c1)C1CC1. The first-order valence-corrected chi connectivity index (χ1v) is 6.93. The molecular formula is C15H20N2O4. The quantitative estimate of drug-likeness (QED) is 0.843. The van der Waals surface area contributed by atoms with Crippen molar-refractivity contribution in [2.24, 2.45) is 0 Å². The molecule has 2 amide bonds. The van der Waals surface area contributed by atoms with E-state index in [4.69, 9.17) is 9.84 Å². The lowest BCUT2D eigenvalue weighted by molar-refractivity contribution is 0.0696. The standard InChI is InChI=1S/C15H20N2O4/c1-10-3-4-11(9-13(10)14(18)19)16-15(20)17(7-8-21-2)12-5-6-12/h3-4,9,12H,5-8H2,1-2H3,(H,16,20)(H,18,19). The monoisotopic (exact) mass is 292 g/mol. The van der Waals surface area contributed by atoms with Gasteiger partial charge in [-0.2, -0.15) is 0 Å². The third-order valence-corrected chi connectivity index (χ3v) is 3.50. The summed E-state index contributed by atoms with van der Waals surface area (Å²) >= 11 is 0. The second-order valence-corrected chi connectivity index (χ2v) is 5.18. The molecule has 0 atom stereocenters. The third kappa shape index (κ3) is 3.95. The Bertz CT molecular complexity index is 540. The maximum atomic E-state index is 12.3. The molecule has 1 aromatic carbocycles. The summed E-state index contributed by atoms with van der Waals surface area (Å²) < 4.78 is 5.02. The molecule has 114 valence electrons. The maximum absolute atomic E-state index is 12.3. The average Bonchev–Trinajstić information content (AvgIpc) is 3.25. The lowest BCUT2D eigenvalue weighted by Gasteiger charge is -2.22. The Morgan fingerprint density at radius 1 is 1.43 bits per heavy atom. The first kappa shape index (κ1) is 15.3. The van der Waals surface area contributed by atoms with Gasteiger partial charge in [0.25, 0.3) is 0 Å². The second-order valence-electron chi connectivity index (χ2n) is 5.18. The smallest absolute Gasteiger partial charge is 0.336 e. The van der Waals surface area contributed by atoms with E-state index in [0.29, 0.717) is 24.4 Å². The molecule has 1 saturated carbocycles. The fourth-order valence-corrected chi connectivity index (χ4v) is 2.15. The van der Waals surface area contributed by atoms with Crippen molar-refractivity contribution in [3.63, 3.8) is 0 Å². The lowest BCUT2D eigenvalue weighted by atomic mass is 10.1. The Morgan fingerprint density at radius 3 is 2.71 bits per heavy atom. The van der Waals surface area contributed by atoms with Crippen molar-refractivity contribution in [2.75, 3.05) is 25.6 Å². The van der Waals surface area contributed by atoms with Gasteiger partial charge < -0.3 is 20.1 Å². The van der Waals surface area contributed by atoms with E-state index in [0.717, 1.165) is 12.8 Å². The Balaban J connectivity index is 2.07. The van der Waals surface area contributed by atoms with E-state index >= 15 is 0 Å². The first-order chi connectivity index (χ1) is 10.0. The molecule has 1 aliphatic carbocycles. The Hall–Kier alpha value is -2.08. The van der Waals surface area contributed by atoms with Crippen LogP contribution in [0.25, 0.3) is 0 Å². The number of nitrogens with zero attached hydrogens (tertiary/aromatic N) is 1. The predicted molar refractivity (Wildman–Crippen MR) is 78.8 cm³/mol. The largest absolute Gasteiger partial charge is 0.478 e. The predicted octanol–water partition coefficient (Wildman–Crippen LogP) is 2.34. The molecule has 21 heavy (non-hydrogen) atoms. The van der Waals surface area contributed by atoms with Crippen LogP contribution in [0.5, 0.6) is 0 Å². The minimum atomic E-state index is -0.998. The molecule has 1 aromatic rings. The van der Waals surface area contributed by atoms with Crippen molar-refractivity contribution < 1.29 is 19.4 Å². The van der Waals surface area contributed by atoms with Crippen molar-refractivity contribution in [1.82, 2.24) is 4.90 Å². The van der Waals surface area contributed by atoms with E-state index in [-0.39, 0.29) is 17.6 Å². The van der Waals surface area contributed by atoms with Crippen LogP contribution in [0.15, 0.2) is 18.2 Å². The van der Waals surface area contributed by atoms with Crippen molar-refractivity contribution in [2.45, 2.75) is 25.8 Å². The molecule has 6 heteroatoms. The molecule has 0 unspecified atom stereocenters. The average molecular weight is 292 g/mol. The van der Waals surface area contributed by atoms with Crippen LogP contribution in [0.2, 0.25) is 0 Å². The number of carbonyl (C=O) groups excluding carboxylic acids is 1. The zero-order chi connectivity index (χ0) is 15.4. The number of urea groups is 1. The fourth-order valence-electron chi connectivity index (χ4n) is 2.15. The molecule has 2 rings (SSSR count). The number of aromatic carboxylic acids is 1. The minimum absolute atomic E-state index is 0.197. The first-order valence-electron chi connectivity index (χ1n) is 6.93. The number of carboxylic acids is 1. The van der Waals surface area contributed by atoms with E-state index in [9.17, 15) is 9.59 Å². The lowest BCUT2D eigenvalue weighted by Crippen LogP contribution is -2.39. The molecule has 0 bridgehead atoms. The van der Waals surface area contributed by atoms with Crippen LogP contribution in [0.4, 0.5) is 10.5 Å². The van der Waals surface area contributed by atoms with Crippen LogP contribution in [-0.2, 0) is 4.74 Å². The van der Waals surface area contributed by atoms with Crippen LogP contribution in [0.1, 0.15) is 28.8 Å². The molecule has 0 aromatic heterocycles. The number of hydrogen-bond acceptors (Lipinski definition) is 3. The summed E-state index contributed by atoms with van der Waals surface area (Å²) in [6, 6.07) is 4.94. The highest BCUT2D eigenvalue weighted by Gasteiger charge is 2.32. The summed E-state index contributed by atoms with van der Waals surface area (Å²) in [4.78, 5) is 25.1. The second kappa shape index (κ2) is 6.58. The topological polar surface area (TPSA) is 78.9 Å². The molecule has 0 aliphatic heterocycles. The zero-order valence-electron chi connectivity index (χ0n) is 12.3. The van der Waals surface area contributed by atoms with Crippen molar-refractivity contribution in [3.05, 3.63) is 29.3 Å². The number of anilines is 1. The number of benzene rings is 1. The molecule has 0 radical (unpaired) electrons. The van der Waals surface area contributed by atoms with Gasteiger partial charge in [0.05, 0.1) is 12.2 Å². The fraction of sp³-hybridized carbons (Fsp3) is 0.467. The van der Waals surface area contributed by atoms with Crippen LogP contribution < -0.4 is 5.32 Å². The highest BCUT2D eigenvalue weighted by Crippen LogP contribution is 2.27. The van der Waals surface area contributed by atoms with Gasteiger partial charge in [-0.3, -0.25) is 0 Å². The molecule has 2 N–H and O–H groups in total. The number of ether oxygens (including phenoxy) is 1. The van der Waals surface area contributed by atoms with Crippen molar-refractivity contribution >= 4 is 17.7 Å². The normalized spacial score (nSPS) is 13.8. The number of hydrogen-bond donors (Lipinski definition) is 2. The van der Waals surface area contributed by atoms with Crippen LogP contribution in [-0.4, -0.2) is 48.3 Å². The highest BCUT2D eigenvalue weighted by molar-refractivity contribution is 5.94. The van der Waals surface area contributed by atoms with Gasteiger partial charge in [0.2, 0.25) is 0 Å². The number of methoxy groups -OCH3 is 1. The highest BCUT2D eigenvalue weighted by atomic mass is 16.5. The van der Waals surface area contributed by atoms with E-state index < -0.39 is 5.97 Å².